The van der Waals surface area contributed by atoms with Crippen molar-refractivity contribution >= 4 is 17.4 Å². The first-order valence-corrected chi connectivity index (χ1v) is 6.71. The highest BCUT2D eigenvalue weighted by Crippen LogP contribution is 2.40. The SMILES string of the molecule is Cc1ccc(-c2onc(N)c2-c2ccc(F)cc2Cl)cc1. The number of nitrogens with zero attached hydrogens (tertiary/aromatic N) is 1. The van der Waals surface area contributed by atoms with Gasteiger partial charge in [0.15, 0.2) is 11.6 Å². The van der Waals surface area contributed by atoms with Crippen LogP contribution in [-0.2, 0) is 0 Å². The van der Waals surface area contributed by atoms with Crippen molar-refractivity contribution in [1.29, 1.82) is 0 Å². The second-order valence-electron chi connectivity index (χ2n) is 4.76. The smallest absolute Gasteiger partial charge is 0.176 e. The number of hydrogen-bond donors (Lipinski definition) is 1. The molecule has 21 heavy (non-hydrogen) atoms. The number of aromatic nitrogens is 1. The molecule has 3 aromatic rings. The van der Waals surface area contributed by atoms with Gasteiger partial charge in [0, 0.05) is 11.1 Å². The van der Waals surface area contributed by atoms with Crippen LogP contribution in [0.5, 0.6) is 0 Å². The molecule has 0 amide bonds. The number of benzene rings is 2. The molecule has 1 heterocycles. The lowest BCUT2D eigenvalue weighted by molar-refractivity contribution is 0.436. The van der Waals surface area contributed by atoms with Crippen LogP contribution in [0.3, 0.4) is 0 Å². The van der Waals surface area contributed by atoms with E-state index in [0.29, 0.717) is 16.9 Å². The molecule has 0 saturated carbocycles. The number of anilines is 1. The zero-order chi connectivity index (χ0) is 15.0. The first-order valence-electron chi connectivity index (χ1n) is 6.34. The molecular weight excluding hydrogens is 291 g/mol. The maximum atomic E-state index is 13.2. The molecular formula is C16H12ClFN2O. The summed E-state index contributed by atoms with van der Waals surface area (Å²) in [5.74, 6) is 0.329. The maximum absolute atomic E-state index is 13.2. The molecule has 0 radical (unpaired) electrons. The van der Waals surface area contributed by atoms with Gasteiger partial charge in [0.25, 0.3) is 0 Å². The lowest BCUT2D eigenvalue weighted by atomic mass is 10.0. The third-order valence-electron chi connectivity index (χ3n) is 3.23. The Hall–Kier alpha value is -2.33. The van der Waals surface area contributed by atoms with E-state index in [0.717, 1.165) is 11.1 Å². The zero-order valence-electron chi connectivity index (χ0n) is 11.2. The zero-order valence-corrected chi connectivity index (χ0v) is 12.0. The largest absolute Gasteiger partial charge is 0.380 e. The highest BCUT2D eigenvalue weighted by atomic mass is 35.5. The molecule has 0 bridgehead atoms. The van der Waals surface area contributed by atoms with Gasteiger partial charge in [-0.05, 0) is 25.1 Å². The van der Waals surface area contributed by atoms with Gasteiger partial charge in [-0.25, -0.2) is 4.39 Å². The van der Waals surface area contributed by atoms with Crippen molar-refractivity contribution in [3.8, 4) is 22.5 Å². The average Bonchev–Trinajstić information content (AvgIpc) is 2.82. The molecule has 0 unspecified atom stereocenters. The van der Waals surface area contributed by atoms with E-state index in [1.807, 2.05) is 31.2 Å². The minimum atomic E-state index is -0.407. The normalized spacial score (nSPS) is 10.8. The number of rotatable bonds is 2. The first-order chi connectivity index (χ1) is 10.1. The van der Waals surface area contributed by atoms with Crippen molar-refractivity contribution in [3.63, 3.8) is 0 Å². The number of nitrogen functional groups attached to an aromatic ring is 1. The van der Waals surface area contributed by atoms with E-state index in [4.69, 9.17) is 21.9 Å². The summed E-state index contributed by atoms with van der Waals surface area (Å²) in [7, 11) is 0. The molecule has 0 aliphatic heterocycles. The predicted octanol–water partition coefficient (Wildman–Crippen LogP) is 4.69. The summed E-state index contributed by atoms with van der Waals surface area (Å²) in [6.07, 6.45) is 0. The van der Waals surface area contributed by atoms with E-state index in [1.165, 1.54) is 12.1 Å². The van der Waals surface area contributed by atoms with Gasteiger partial charge in [-0.3, -0.25) is 0 Å². The Labute approximate surface area is 126 Å². The molecule has 2 N–H and O–H groups in total. The maximum Gasteiger partial charge on any atom is 0.176 e. The van der Waals surface area contributed by atoms with Gasteiger partial charge in [-0.2, -0.15) is 0 Å². The number of halogens is 2. The van der Waals surface area contributed by atoms with E-state index >= 15 is 0 Å². The van der Waals surface area contributed by atoms with Gasteiger partial charge in [-0.1, -0.05) is 46.6 Å². The monoisotopic (exact) mass is 302 g/mol. The van der Waals surface area contributed by atoms with Crippen molar-refractivity contribution in [2.45, 2.75) is 6.92 Å². The minimum absolute atomic E-state index is 0.221. The van der Waals surface area contributed by atoms with Crippen LogP contribution in [0, 0.1) is 12.7 Å². The third kappa shape index (κ3) is 2.50. The van der Waals surface area contributed by atoms with Crippen LogP contribution >= 0.6 is 11.6 Å². The average molecular weight is 303 g/mol. The van der Waals surface area contributed by atoms with Crippen LogP contribution in [0.4, 0.5) is 10.2 Å². The molecule has 1 aromatic heterocycles. The van der Waals surface area contributed by atoms with Crippen LogP contribution < -0.4 is 5.73 Å². The molecule has 0 saturated heterocycles. The summed E-state index contributed by atoms with van der Waals surface area (Å²) in [6.45, 7) is 2.00. The molecule has 0 fully saturated rings. The molecule has 0 atom stereocenters. The third-order valence-corrected chi connectivity index (χ3v) is 3.55. The van der Waals surface area contributed by atoms with Gasteiger partial charge in [0.05, 0.1) is 10.6 Å². The molecule has 3 nitrogen and oxygen atoms in total. The van der Waals surface area contributed by atoms with Crippen LogP contribution in [-0.4, -0.2) is 5.16 Å². The molecule has 5 heteroatoms. The number of nitrogens with two attached hydrogens (primary N) is 1. The summed E-state index contributed by atoms with van der Waals surface area (Å²) in [5, 5.41) is 4.07. The van der Waals surface area contributed by atoms with Crippen LogP contribution in [0.1, 0.15) is 5.56 Å². The minimum Gasteiger partial charge on any atom is -0.380 e. The Morgan fingerprint density at radius 1 is 1.14 bits per heavy atom. The van der Waals surface area contributed by atoms with Crippen LogP contribution in [0.15, 0.2) is 47.0 Å². The highest BCUT2D eigenvalue weighted by Gasteiger charge is 2.20. The standard InChI is InChI=1S/C16H12ClFN2O/c1-9-2-4-10(5-3-9)15-14(16(19)20-21-15)12-7-6-11(18)8-13(12)17/h2-8H,1H3,(H2,19,20). The van der Waals surface area contributed by atoms with Crippen molar-refractivity contribution in [1.82, 2.24) is 5.16 Å². The molecule has 0 spiro atoms. The second kappa shape index (κ2) is 5.22. The van der Waals surface area contributed by atoms with E-state index in [-0.39, 0.29) is 10.8 Å². The Morgan fingerprint density at radius 2 is 1.86 bits per heavy atom. The van der Waals surface area contributed by atoms with Gasteiger partial charge in [0.1, 0.15) is 5.82 Å². The van der Waals surface area contributed by atoms with Gasteiger partial charge < -0.3 is 10.3 Å². The summed E-state index contributed by atoms with van der Waals surface area (Å²) in [5.41, 5.74) is 9.02. The second-order valence-corrected chi connectivity index (χ2v) is 5.17. The van der Waals surface area contributed by atoms with Crippen LogP contribution in [0.2, 0.25) is 5.02 Å². The Balaban J connectivity index is 2.19. The number of hydrogen-bond acceptors (Lipinski definition) is 3. The quantitative estimate of drug-likeness (QED) is 0.747. The van der Waals surface area contributed by atoms with E-state index < -0.39 is 5.82 Å². The van der Waals surface area contributed by atoms with Gasteiger partial charge >= 0.3 is 0 Å². The Kier molecular flexibility index (Phi) is 3.39. The molecule has 0 aliphatic rings. The van der Waals surface area contributed by atoms with E-state index in [2.05, 4.69) is 5.16 Å². The lowest BCUT2D eigenvalue weighted by Gasteiger charge is -2.05. The fourth-order valence-corrected chi connectivity index (χ4v) is 2.42. The fourth-order valence-electron chi connectivity index (χ4n) is 2.16. The van der Waals surface area contributed by atoms with E-state index in [9.17, 15) is 4.39 Å². The Bertz CT molecular complexity index is 797. The van der Waals surface area contributed by atoms with E-state index in [1.54, 1.807) is 6.07 Å². The summed E-state index contributed by atoms with van der Waals surface area (Å²) in [4.78, 5) is 0. The van der Waals surface area contributed by atoms with Crippen molar-refractivity contribution in [3.05, 3.63) is 58.9 Å². The predicted molar refractivity (Wildman–Crippen MR) is 81.5 cm³/mol. The summed E-state index contributed by atoms with van der Waals surface area (Å²) >= 11 is 6.11. The fraction of sp³-hybridized carbons (Fsp3) is 0.0625. The first kappa shape index (κ1) is 13.6. The van der Waals surface area contributed by atoms with Crippen LogP contribution in [0.25, 0.3) is 22.5 Å². The molecule has 3 rings (SSSR count). The highest BCUT2D eigenvalue weighted by molar-refractivity contribution is 6.33. The Morgan fingerprint density at radius 3 is 2.52 bits per heavy atom. The van der Waals surface area contributed by atoms with Gasteiger partial charge in [0.2, 0.25) is 0 Å². The van der Waals surface area contributed by atoms with Crippen molar-refractivity contribution in [2.24, 2.45) is 0 Å². The lowest BCUT2D eigenvalue weighted by Crippen LogP contribution is -1.90. The number of aryl methyl sites for hydroxylation is 1. The van der Waals surface area contributed by atoms with Crippen molar-refractivity contribution < 1.29 is 8.91 Å². The molecule has 0 aliphatic carbocycles. The molecule has 2 aromatic carbocycles. The summed E-state index contributed by atoms with van der Waals surface area (Å²) in [6, 6.07) is 11.9. The topological polar surface area (TPSA) is 52.0 Å². The molecule has 106 valence electrons. The summed E-state index contributed by atoms with van der Waals surface area (Å²) < 4.78 is 18.5. The van der Waals surface area contributed by atoms with Crippen molar-refractivity contribution in [2.75, 3.05) is 5.73 Å². The van der Waals surface area contributed by atoms with Gasteiger partial charge in [-0.15, -0.1) is 0 Å².